The molecule has 4 heteroatoms. The second kappa shape index (κ2) is 6.21. The third kappa shape index (κ3) is 3.03. The largest absolute Gasteiger partial charge is 0.344 e. The lowest BCUT2D eigenvalue weighted by molar-refractivity contribution is -0.138. The van der Waals surface area contributed by atoms with Crippen molar-refractivity contribution in [2.24, 2.45) is 5.92 Å². The topological polar surface area (TPSA) is 49.4 Å². The Morgan fingerprint density at radius 1 is 1.28 bits per heavy atom. The van der Waals surface area contributed by atoms with Crippen LogP contribution in [-0.4, -0.2) is 34.8 Å². The van der Waals surface area contributed by atoms with Crippen LogP contribution in [0.4, 0.5) is 0 Å². The van der Waals surface area contributed by atoms with E-state index in [9.17, 15) is 9.59 Å². The Morgan fingerprint density at radius 2 is 1.83 bits per heavy atom. The summed E-state index contributed by atoms with van der Waals surface area (Å²) < 4.78 is 0. The molecule has 1 rings (SSSR count). The van der Waals surface area contributed by atoms with Crippen LogP contribution in [-0.2, 0) is 9.59 Å². The van der Waals surface area contributed by atoms with Gasteiger partial charge in [0, 0.05) is 18.5 Å². The fourth-order valence-electron chi connectivity index (χ4n) is 2.71. The average molecular weight is 254 g/mol. The molecule has 104 valence electrons. The molecule has 18 heavy (non-hydrogen) atoms. The highest BCUT2D eigenvalue weighted by Crippen LogP contribution is 2.21. The van der Waals surface area contributed by atoms with E-state index >= 15 is 0 Å². The standard InChI is InChI=1S/C14H26N2O2/c1-6-11(7-2)16-10(5)8-12(17)15-13(9(3)4)14(16)18/h9-11,13H,6-8H2,1-5H3,(H,15,17). The van der Waals surface area contributed by atoms with Crippen LogP contribution in [0.2, 0.25) is 0 Å². The molecule has 2 amide bonds. The first kappa shape index (κ1) is 15.0. The molecule has 0 aliphatic carbocycles. The molecule has 2 unspecified atom stereocenters. The highest BCUT2D eigenvalue weighted by Gasteiger charge is 2.37. The van der Waals surface area contributed by atoms with Crippen LogP contribution in [0.3, 0.4) is 0 Å². The van der Waals surface area contributed by atoms with Gasteiger partial charge in [-0.25, -0.2) is 0 Å². The van der Waals surface area contributed by atoms with Gasteiger partial charge in [0.05, 0.1) is 0 Å². The molecule has 0 bridgehead atoms. The van der Waals surface area contributed by atoms with Gasteiger partial charge in [-0.15, -0.1) is 0 Å². The summed E-state index contributed by atoms with van der Waals surface area (Å²) in [6.45, 7) is 10.1. The van der Waals surface area contributed by atoms with Gasteiger partial charge in [-0.2, -0.15) is 0 Å². The van der Waals surface area contributed by atoms with Gasteiger partial charge in [0.15, 0.2) is 0 Å². The molecule has 4 nitrogen and oxygen atoms in total. The lowest BCUT2D eigenvalue weighted by atomic mass is 10.0. The lowest BCUT2D eigenvalue weighted by Crippen LogP contribution is -2.52. The molecule has 0 radical (unpaired) electrons. The Balaban J connectivity index is 3.04. The number of hydrogen-bond donors (Lipinski definition) is 1. The summed E-state index contributed by atoms with van der Waals surface area (Å²) in [5.74, 6) is 0.198. The summed E-state index contributed by atoms with van der Waals surface area (Å²) in [4.78, 5) is 26.4. The number of carbonyl (C=O) groups excluding carboxylic acids is 2. The van der Waals surface area contributed by atoms with Crippen molar-refractivity contribution in [2.75, 3.05) is 0 Å². The van der Waals surface area contributed by atoms with Crippen molar-refractivity contribution < 1.29 is 9.59 Å². The van der Waals surface area contributed by atoms with Crippen LogP contribution in [0.1, 0.15) is 53.9 Å². The minimum Gasteiger partial charge on any atom is -0.344 e. The molecule has 0 aromatic heterocycles. The minimum atomic E-state index is -0.372. The first-order valence-electron chi connectivity index (χ1n) is 7.03. The van der Waals surface area contributed by atoms with E-state index in [1.807, 2.05) is 25.7 Å². The van der Waals surface area contributed by atoms with Crippen molar-refractivity contribution in [3.05, 3.63) is 0 Å². The van der Waals surface area contributed by atoms with Crippen molar-refractivity contribution in [1.82, 2.24) is 10.2 Å². The van der Waals surface area contributed by atoms with Gasteiger partial charge in [0.25, 0.3) is 0 Å². The van der Waals surface area contributed by atoms with Gasteiger partial charge >= 0.3 is 0 Å². The smallest absolute Gasteiger partial charge is 0.245 e. The van der Waals surface area contributed by atoms with Gasteiger partial charge in [-0.1, -0.05) is 27.7 Å². The van der Waals surface area contributed by atoms with Crippen molar-refractivity contribution in [2.45, 2.75) is 72.0 Å². The van der Waals surface area contributed by atoms with E-state index in [0.717, 1.165) is 12.8 Å². The van der Waals surface area contributed by atoms with Gasteiger partial charge in [-0.05, 0) is 25.7 Å². The molecule has 1 fully saturated rings. The normalized spacial score (nSPS) is 25.6. The summed E-state index contributed by atoms with van der Waals surface area (Å²) >= 11 is 0. The molecule has 1 aliphatic heterocycles. The quantitative estimate of drug-likeness (QED) is 0.833. The van der Waals surface area contributed by atoms with Crippen molar-refractivity contribution in [1.29, 1.82) is 0 Å². The van der Waals surface area contributed by atoms with Crippen LogP contribution in [0.15, 0.2) is 0 Å². The Labute approximate surface area is 110 Å². The first-order chi connectivity index (χ1) is 8.42. The Bertz CT molecular complexity index is 311. The molecule has 1 N–H and O–H groups in total. The van der Waals surface area contributed by atoms with Crippen LogP contribution >= 0.6 is 0 Å². The maximum atomic E-state index is 12.6. The Hall–Kier alpha value is -1.06. The van der Waals surface area contributed by atoms with Crippen LogP contribution in [0.25, 0.3) is 0 Å². The summed E-state index contributed by atoms with van der Waals surface area (Å²) in [6.07, 6.45) is 2.28. The predicted molar refractivity (Wildman–Crippen MR) is 72.1 cm³/mol. The fraction of sp³-hybridized carbons (Fsp3) is 0.857. The molecule has 0 aromatic rings. The third-order valence-corrected chi connectivity index (χ3v) is 3.80. The number of nitrogens with zero attached hydrogens (tertiary/aromatic N) is 1. The van der Waals surface area contributed by atoms with Gasteiger partial charge in [0.2, 0.25) is 11.8 Å². The summed E-state index contributed by atoms with van der Waals surface area (Å²) in [5.41, 5.74) is 0. The molecule has 1 saturated heterocycles. The van der Waals surface area contributed by atoms with Gasteiger partial charge in [0.1, 0.15) is 6.04 Å². The van der Waals surface area contributed by atoms with E-state index in [-0.39, 0.29) is 35.9 Å². The van der Waals surface area contributed by atoms with Crippen LogP contribution in [0.5, 0.6) is 0 Å². The summed E-state index contributed by atoms with van der Waals surface area (Å²) in [6, 6.07) is -0.143. The first-order valence-corrected chi connectivity index (χ1v) is 7.03. The van der Waals surface area contributed by atoms with Crippen molar-refractivity contribution in [3.63, 3.8) is 0 Å². The molecular weight excluding hydrogens is 228 g/mol. The molecule has 0 aromatic carbocycles. The molecule has 1 heterocycles. The third-order valence-electron chi connectivity index (χ3n) is 3.80. The van der Waals surface area contributed by atoms with Gasteiger partial charge < -0.3 is 10.2 Å². The van der Waals surface area contributed by atoms with Gasteiger partial charge in [-0.3, -0.25) is 9.59 Å². The Kier molecular flexibility index (Phi) is 5.17. The molecule has 2 atom stereocenters. The summed E-state index contributed by atoms with van der Waals surface area (Å²) in [5, 5.41) is 2.86. The number of rotatable bonds is 4. The van der Waals surface area contributed by atoms with E-state index < -0.39 is 0 Å². The average Bonchev–Trinajstić information content (AvgIpc) is 2.40. The number of carbonyl (C=O) groups is 2. The van der Waals surface area contributed by atoms with Crippen LogP contribution in [0, 0.1) is 5.92 Å². The van der Waals surface area contributed by atoms with E-state index in [1.165, 1.54) is 0 Å². The Morgan fingerprint density at radius 3 is 2.28 bits per heavy atom. The van der Waals surface area contributed by atoms with E-state index in [2.05, 4.69) is 19.2 Å². The minimum absolute atomic E-state index is 0.00819. The molecule has 0 saturated carbocycles. The monoisotopic (exact) mass is 254 g/mol. The highest BCUT2D eigenvalue weighted by atomic mass is 16.2. The molecular formula is C14H26N2O2. The van der Waals surface area contributed by atoms with Crippen molar-refractivity contribution >= 4 is 11.8 Å². The number of amides is 2. The lowest BCUT2D eigenvalue weighted by Gasteiger charge is -2.36. The zero-order valence-electron chi connectivity index (χ0n) is 12.2. The SMILES string of the molecule is CCC(CC)N1C(=O)C(C(C)C)NC(=O)CC1C. The fourth-order valence-corrected chi connectivity index (χ4v) is 2.71. The zero-order chi connectivity index (χ0) is 13.9. The van der Waals surface area contributed by atoms with Crippen molar-refractivity contribution in [3.8, 4) is 0 Å². The molecule has 0 spiro atoms. The van der Waals surface area contributed by atoms with E-state index in [0.29, 0.717) is 6.42 Å². The number of hydrogen-bond acceptors (Lipinski definition) is 2. The zero-order valence-corrected chi connectivity index (χ0v) is 12.2. The maximum absolute atomic E-state index is 12.6. The summed E-state index contributed by atoms with van der Waals surface area (Å²) in [7, 11) is 0. The van der Waals surface area contributed by atoms with Crippen LogP contribution < -0.4 is 5.32 Å². The second-order valence-electron chi connectivity index (χ2n) is 5.56. The van der Waals surface area contributed by atoms with E-state index in [4.69, 9.17) is 0 Å². The maximum Gasteiger partial charge on any atom is 0.245 e. The predicted octanol–water partition coefficient (Wildman–Crippen LogP) is 1.94. The second-order valence-corrected chi connectivity index (χ2v) is 5.56. The highest BCUT2D eigenvalue weighted by molar-refractivity contribution is 5.90. The molecule has 1 aliphatic rings. The van der Waals surface area contributed by atoms with E-state index in [1.54, 1.807) is 0 Å². The number of nitrogens with one attached hydrogen (secondary N) is 1.